The summed E-state index contributed by atoms with van der Waals surface area (Å²) < 4.78 is 0. The lowest BCUT2D eigenvalue weighted by Crippen LogP contribution is -2.26. The molecular weight excluding hydrogens is 819 g/mol. The van der Waals surface area contributed by atoms with E-state index in [-0.39, 0.29) is 0 Å². The van der Waals surface area contributed by atoms with Crippen molar-refractivity contribution in [3.8, 4) is 78.0 Å². The number of rotatable bonds is 15. The highest BCUT2D eigenvalue weighted by atomic mass is 14.7. The van der Waals surface area contributed by atoms with Crippen LogP contribution in [-0.2, 0) is 18.3 Å². The van der Waals surface area contributed by atoms with Crippen molar-refractivity contribution in [2.45, 2.75) is 90.4 Å². The molecule has 0 N–H and O–H groups in total. The molecule has 0 fully saturated rings. The summed E-state index contributed by atoms with van der Waals surface area (Å²) in [6.07, 6.45) is 14.6. The molecule has 1 heterocycles. The molecule has 8 aromatic carbocycles. The summed E-state index contributed by atoms with van der Waals surface area (Å²) in [6.45, 7) is 6.72. The van der Waals surface area contributed by atoms with E-state index in [1.54, 1.807) is 0 Å². The third-order valence-corrected chi connectivity index (χ3v) is 15.0. The first-order valence-corrected chi connectivity index (χ1v) is 25.4. The van der Waals surface area contributed by atoms with Crippen molar-refractivity contribution in [1.82, 2.24) is 4.98 Å². The fraction of sp³-hybridized carbons (Fsp3) is 0.209. The number of aryl methyl sites for hydroxylation is 3. The second-order valence-corrected chi connectivity index (χ2v) is 19.5. The maximum absolute atomic E-state index is 5.28. The summed E-state index contributed by atoms with van der Waals surface area (Å²) in [7, 11) is 0. The average molecular weight is 880 g/mol. The van der Waals surface area contributed by atoms with Gasteiger partial charge in [0.15, 0.2) is 0 Å². The van der Waals surface area contributed by atoms with Crippen LogP contribution in [0.4, 0.5) is 0 Å². The van der Waals surface area contributed by atoms with Gasteiger partial charge in [-0.2, -0.15) is 0 Å². The number of hydrogen-bond donors (Lipinski definition) is 0. The Morgan fingerprint density at radius 1 is 0.338 bits per heavy atom. The zero-order valence-corrected chi connectivity index (χ0v) is 40.0. The Morgan fingerprint density at radius 2 is 0.765 bits per heavy atom. The Morgan fingerprint density at radius 3 is 1.28 bits per heavy atom. The van der Waals surface area contributed by atoms with Gasteiger partial charge in [-0.1, -0.05) is 210 Å². The predicted octanol–water partition coefficient (Wildman–Crippen LogP) is 18.3. The SMILES string of the molecule is CCCCCCc1ccc(-c2cc(-c3ccc(CCCCCC)cc3)cc(-c3ccc(-c4ccc5c(c4)C4(c6ccccc6-c6ccccc64)c4cc(-c6ccc(C)cc6)ccc4-5)nc3)c2)cc1. The molecule has 2 aliphatic carbocycles. The van der Waals surface area contributed by atoms with Crippen molar-refractivity contribution in [2.75, 3.05) is 0 Å². The molecule has 11 rings (SSSR count). The van der Waals surface area contributed by atoms with Crippen LogP contribution in [0.25, 0.3) is 78.0 Å². The Balaban J connectivity index is 0.970. The lowest BCUT2D eigenvalue weighted by molar-refractivity contribution is 0.667. The fourth-order valence-corrected chi connectivity index (χ4v) is 11.3. The van der Waals surface area contributed by atoms with Crippen molar-refractivity contribution >= 4 is 0 Å². The Hall–Kier alpha value is -7.09. The largest absolute Gasteiger partial charge is 0.256 e. The Bertz CT molecular complexity index is 3100. The van der Waals surface area contributed by atoms with E-state index < -0.39 is 5.41 Å². The molecular formula is C67H61N. The minimum absolute atomic E-state index is 0.453. The third kappa shape index (κ3) is 8.02. The van der Waals surface area contributed by atoms with E-state index in [0.717, 1.165) is 29.7 Å². The van der Waals surface area contributed by atoms with Crippen LogP contribution in [0.2, 0.25) is 0 Å². The van der Waals surface area contributed by atoms with Gasteiger partial charge < -0.3 is 0 Å². The van der Waals surface area contributed by atoms with Crippen LogP contribution < -0.4 is 0 Å². The maximum Gasteiger partial charge on any atom is 0.0725 e. The normalized spacial score (nSPS) is 12.8. The van der Waals surface area contributed by atoms with Crippen LogP contribution in [0, 0.1) is 6.92 Å². The van der Waals surface area contributed by atoms with E-state index in [0.29, 0.717) is 0 Å². The molecule has 0 bridgehead atoms. The van der Waals surface area contributed by atoms with Crippen molar-refractivity contribution in [3.63, 3.8) is 0 Å². The molecule has 0 amide bonds. The molecule has 0 aliphatic heterocycles. The highest BCUT2D eigenvalue weighted by Gasteiger charge is 2.51. The zero-order chi connectivity index (χ0) is 46.0. The van der Waals surface area contributed by atoms with Gasteiger partial charge in [-0.25, -0.2) is 0 Å². The second-order valence-electron chi connectivity index (χ2n) is 19.5. The van der Waals surface area contributed by atoms with Crippen LogP contribution >= 0.6 is 0 Å². The molecule has 0 saturated carbocycles. The number of nitrogens with zero attached hydrogens (tertiary/aromatic N) is 1. The second kappa shape index (κ2) is 18.9. The van der Waals surface area contributed by atoms with Crippen molar-refractivity contribution in [2.24, 2.45) is 0 Å². The number of aromatic nitrogens is 1. The van der Waals surface area contributed by atoms with E-state index in [4.69, 9.17) is 4.98 Å². The van der Waals surface area contributed by atoms with Crippen LogP contribution in [-0.4, -0.2) is 4.98 Å². The molecule has 1 spiro atoms. The van der Waals surface area contributed by atoms with Crippen molar-refractivity contribution in [1.29, 1.82) is 0 Å². The minimum atomic E-state index is -0.453. The van der Waals surface area contributed by atoms with E-state index in [2.05, 4.69) is 215 Å². The topological polar surface area (TPSA) is 12.9 Å². The number of hydrogen-bond acceptors (Lipinski definition) is 1. The Labute approximate surface area is 404 Å². The van der Waals surface area contributed by atoms with E-state index in [1.165, 1.54) is 152 Å². The van der Waals surface area contributed by atoms with Gasteiger partial charge in [0.25, 0.3) is 0 Å². The number of benzene rings is 8. The fourth-order valence-electron chi connectivity index (χ4n) is 11.3. The lowest BCUT2D eigenvalue weighted by atomic mass is 9.70. The third-order valence-electron chi connectivity index (χ3n) is 15.0. The summed E-state index contributed by atoms with van der Waals surface area (Å²) in [4.78, 5) is 5.28. The average Bonchev–Trinajstić information content (AvgIpc) is 3.86. The van der Waals surface area contributed by atoms with Crippen LogP contribution in [0.5, 0.6) is 0 Å². The lowest BCUT2D eigenvalue weighted by Gasteiger charge is -2.31. The monoisotopic (exact) mass is 879 g/mol. The highest BCUT2D eigenvalue weighted by molar-refractivity contribution is 5.97. The molecule has 1 nitrogen and oxygen atoms in total. The van der Waals surface area contributed by atoms with Gasteiger partial charge in [0.05, 0.1) is 11.1 Å². The number of fused-ring (bicyclic) bond motifs is 10. The first kappa shape index (κ1) is 43.5. The summed E-state index contributed by atoms with van der Waals surface area (Å²) in [5, 5.41) is 0. The summed E-state index contributed by atoms with van der Waals surface area (Å²) in [5.74, 6) is 0. The highest BCUT2D eigenvalue weighted by Crippen LogP contribution is 2.63. The zero-order valence-electron chi connectivity index (χ0n) is 40.0. The molecule has 68 heavy (non-hydrogen) atoms. The summed E-state index contributed by atoms with van der Waals surface area (Å²) in [6, 6.07) is 71.5. The molecule has 334 valence electrons. The standard InChI is InChI=1S/C67H61N/c1-4-6-8-10-16-47-24-30-50(31-25-47)55-40-56(51-32-26-48(27-33-51)17-11-9-7-5-2)42-57(41-55)54-36-39-66(68-45-54)53-35-38-61-60-37-34-52(49-28-22-46(3)23-29-49)43-64(60)67(65(61)44-53)62-20-14-12-18-58(62)59-19-13-15-21-63(59)67/h12-15,18-45H,4-11,16-17H2,1-3H3. The van der Waals surface area contributed by atoms with Crippen molar-refractivity contribution < 1.29 is 0 Å². The van der Waals surface area contributed by atoms with E-state index in [1.807, 2.05) is 0 Å². The minimum Gasteiger partial charge on any atom is -0.256 e. The van der Waals surface area contributed by atoms with E-state index in [9.17, 15) is 0 Å². The summed E-state index contributed by atoms with van der Waals surface area (Å²) >= 11 is 0. The van der Waals surface area contributed by atoms with Crippen LogP contribution in [0.15, 0.2) is 194 Å². The van der Waals surface area contributed by atoms with E-state index >= 15 is 0 Å². The Kier molecular flexibility index (Phi) is 12.1. The van der Waals surface area contributed by atoms with Crippen molar-refractivity contribution in [3.05, 3.63) is 233 Å². The number of unbranched alkanes of at least 4 members (excludes halogenated alkanes) is 6. The molecule has 0 saturated heterocycles. The first-order chi connectivity index (χ1) is 33.5. The van der Waals surface area contributed by atoms with Crippen LogP contribution in [0.1, 0.15) is 104 Å². The van der Waals surface area contributed by atoms with Gasteiger partial charge in [-0.05, 0) is 164 Å². The summed E-state index contributed by atoms with van der Waals surface area (Å²) in [5.41, 5.74) is 26.1. The van der Waals surface area contributed by atoms with Crippen LogP contribution in [0.3, 0.4) is 0 Å². The maximum atomic E-state index is 5.28. The predicted molar refractivity (Wildman–Crippen MR) is 288 cm³/mol. The molecule has 1 aromatic heterocycles. The molecule has 0 atom stereocenters. The molecule has 2 aliphatic rings. The molecule has 0 radical (unpaired) electrons. The van der Waals surface area contributed by atoms with Gasteiger partial charge in [0.2, 0.25) is 0 Å². The first-order valence-electron chi connectivity index (χ1n) is 25.4. The molecule has 9 aromatic rings. The molecule has 1 heteroatoms. The number of pyridine rings is 1. The van der Waals surface area contributed by atoms with Gasteiger partial charge in [0, 0.05) is 17.3 Å². The van der Waals surface area contributed by atoms with Gasteiger partial charge in [0.1, 0.15) is 0 Å². The quantitative estimate of drug-likeness (QED) is 0.0935. The molecule has 0 unspecified atom stereocenters. The van der Waals surface area contributed by atoms with Gasteiger partial charge >= 0.3 is 0 Å². The van der Waals surface area contributed by atoms with Gasteiger partial charge in [-0.3, -0.25) is 4.98 Å². The van der Waals surface area contributed by atoms with Gasteiger partial charge in [-0.15, -0.1) is 0 Å². The smallest absolute Gasteiger partial charge is 0.0725 e.